The van der Waals surface area contributed by atoms with Crippen molar-refractivity contribution in [2.45, 2.75) is 52.9 Å². The summed E-state index contributed by atoms with van der Waals surface area (Å²) in [6.07, 6.45) is 4.30. The Bertz CT molecular complexity index is 422. The highest BCUT2D eigenvalue weighted by Gasteiger charge is 2.01. The lowest BCUT2D eigenvalue weighted by molar-refractivity contribution is -0.133. The first-order valence-corrected chi connectivity index (χ1v) is 7.22. The van der Waals surface area contributed by atoms with Crippen molar-refractivity contribution >= 4 is 17.9 Å². The van der Waals surface area contributed by atoms with Crippen molar-refractivity contribution in [1.82, 2.24) is 0 Å². The van der Waals surface area contributed by atoms with Crippen LogP contribution in [0.1, 0.15) is 52.9 Å². The van der Waals surface area contributed by atoms with E-state index in [0.29, 0.717) is 18.4 Å². The molecule has 0 rings (SSSR count). The molecule has 0 aliphatic carbocycles. The Morgan fingerprint density at radius 3 is 1.35 bits per heavy atom. The summed E-state index contributed by atoms with van der Waals surface area (Å²) in [5.41, 5.74) is 0.767. The minimum atomic E-state index is -0.935. The van der Waals surface area contributed by atoms with Crippen molar-refractivity contribution in [1.29, 1.82) is 0 Å². The van der Waals surface area contributed by atoms with Gasteiger partial charge in [-0.05, 0) is 26.2 Å². The Hall–Kier alpha value is -2.37. The van der Waals surface area contributed by atoms with Crippen LogP contribution in [0.4, 0.5) is 0 Å². The van der Waals surface area contributed by atoms with Gasteiger partial charge in [0.15, 0.2) is 0 Å². The smallest absolute Gasteiger partial charge is 0.330 e. The Morgan fingerprint density at radius 2 is 1.17 bits per heavy atom. The molecule has 0 atom stereocenters. The molecule has 0 aliphatic rings. The fourth-order valence-electron chi connectivity index (χ4n) is 0.847. The number of carboxylic acid groups (broad SMARTS) is 3. The zero-order valence-corrected chi connectivity index (χ0v) is 14.2. The van der Waals surface area contributed by atoms with E-state index in [2.05, 4.69) is 26.7 Å². The number of carboxylic acids is 3. The molecular weight excluding hydrogens is 300 g/mol. The molecule has 6 heteroatoms. The second kappa shape index (κ2) is 16.0. The molecule has 132 valence electrons. The van der Waals surface area contributed by atoms with E-state index in [0.717, 1.165) is 19.3 Å². The normalized spacial score (nSPS) is 8.48. The van der Waals surface area contributed by atoms with Crippen LogP contribution < -0.4 is 0 Å². The van der Waals surface area contributed by atoms with E-state index in [4.69, 9.17) is 15.3 Å². The van der Waals surface area contributed by atoms with Gasteiger partial charge in [-0.2, -0.15) is 0 Å². The van der Waals surface area contributed by atoms with Crippen molar-refractivity contribution in [3.8, 4) is 0 Å². The zero-order chi connectivity index (χ0) is 19.0. The number of hydrogen-bond acceptors (Lipinski definition) is 3. The molecule has 0 bridgehead atoms. The number of rotatable bonds is 8. The van der Waals surface area contributed by atoms with Gasteiger partial charge in [0.25, 0.3) is 0 Å². The molecule has 0 radical (unpaired) electrons. The van der Waals surface area contributed by atoms with E-state index in [1.807, 2.05) is 0 Å². The molecule has 0 amide bonds. The third kappa shape index (κ3) is 22.1. The molecule has 0 aromatic carbocycles. The molecular formula is C17H28O6. The maximum atomic E-state index is 10.2. The molecule has 3 N–H and O–H groups in total. The molecule has 0 spiro atoms. The van der Waals surface area contributed by atoms with Gasteiger partial charge in [0, 0.05) is 16.7 Å². The Balaban J connectivity index is -0.000000272. The quantitative estimate of drug-likeness (QED) is 0.460. The first kappa shape index (κ1) is 25.6. The Kier molecular flexibility index (Phi) is 17.8. The Morgan fingerprint density at radius 1 is 0.783 bits per heavy atom. The average Bonchev–Trinajstić information content (AvgIpc) is 2.47. The summed E-state index contributed by atoms with van der Waals surface area (Å²) in [5, 5.41) is 24.4. The zero-order valence-electron chi connectivity index (χ0n) is 14.2. The van der Waals surface area contributed by atoms with E-state index in [9.17, 15) is 14.4 Å². The molecule has 0 aliphatic heterocycles. The summed E-state index contributed by atoms with van der Waals surface area (Å²) in [6, 6.07) is 0. The molecule has 0 saturated heterocycles. The van der Waals surface area contributed by atoms with E-state index in [1.165, 1.54) is 6.92 Å². The van der Waals surface area contributed by atoms with Crippen LogP contribution in [0.3, 0.4) is 0 Å². The largest absolute Gasteiger partial charge is 0.478 e. The molecule has 0 aromatic heterocycles. The SMILES string of the molecule is C=C(C)C(=O)O.C=C(CC)C(=O)O.C=C(CCCCC)C(=O)O. The fourth-order valence-corrected chi connectivity index (χ4v) is 0.847. The van der Waals surface area contributed by atoms with E-state index >= 15 is 0 Å². The van der Waals surface area contributed by atoms with E-state index < -0.39 is 17.9 Å². The molecule has 23 heavy (non-hydrogen) atoms. The summed E-state index contributed by atoms with van der Waals surface area (Å²) < 4.78 is 0. The highest BCUT2D eigenvalue weighted by molar-refractivity contribution is 5.86. The van der Waals surface area contributed by atoms with Gasteiger partial charge >= 0.3 is 17.9 Å². The molecule has 0 fully saturated rings. The van der Waals surface area contributed by atoms with Crippen LogP contribution in [-0.2, 0) is 14.4 Å². The topological polar surface area (TPSA) is 112 Å². The van der Waals surface area contributed by atoms with Crippen LogP contribution in [0.15, 0.2) is 36.5 Å². The molecule has 0 unspecified atom stereocenters. The standard InChI is InChI=1S/C8H14O2.C5H8O2.C4H6O2/c1-3-4-5-6-7(2)8(9)10;1-3-4(2)5(6)7;1-3(2)4(5)6/h2-6H2,1H3,(H,9,10);2-3H2,1H3,(H,6,7);1H2,2H3,(H,5,6). The average molecular weight is 328 g/mol. The highest BCUT2D eigenvalue weighted by Crippen LogP contribution is 2.06. The van der Waals surface area contributed by atoms with Crippen LogP contribution in [-0.4, -0.2) is 33.2 Å². The lowest BCUT2D eigenvalue weighted by Crippen LogP contribution is -1.98. The van der Waals surface area contributed by atoms with Crippen molar-refractivity contribution in [2.24, 2.45) is 0 Å². The number of carbonyl (C=O) groups is 3. The lowest BCUT2D eigenvalue weighted by Gasteiger charge is -1.97. The summed E-state index contributed by atoms with van der Waals surface area (Å²) in [6.45, 7) is 15.1. The number of hydrogen-bond donors (Lipinski definition) is 3. The second-order valence-corrected chi connectivity index (χ2v) is 4.71. The summed E-state index contributed by atoms with van der Waals surface area (Å²) in [5.74, 6) is -2.70. The van der Waals surface area contributed by atoms with Gasteiger partial charge < -0.3 is 15.3 Å². The third-order valence-electron chi connectivity index (χ3n) is 2.48. The predicted molar refractivity (Wildman–Crippen MR) is 90.4 cm³/mol. The van der Waals surface area contributed by atoms with Gasteiger partial charge in [0.05, 0.1) is 0 Å². The second-order valence-electron chi connectivity index (χ2n) is 4.71. The first-order valence-electron chi connectivity index (χ1n) is 7.22. The van der Waals surface area contributed by atoms with Gasteiger partial charge in [0.1, 0.15) is 0 Å². The minimum absolute atomic E-state index is 0.176. The maximum Gasteiger partial charge on any atom is 0.330 e. The van der Waals surface area contributed by atoms with Gasteiger partial charge in [-0.1, -0.05) is 46.4 Å². The van der Waals surface area contributed by atoms with Crippen LogP contribution in [0.5, 0.6) is 0 Å². The van der Waals surface area contributed by atoms with Gasteiger partial charge in [-0.3, -0.25) is 0 Å². The van der Waals surface area contributed by atoms with Crippen LogP contribution in [0, 0.1) is 0 Å². The van der Waals surface area contributed by atoms with E-state index in [1.54, 1.807) is 6.92 Å². The van der Waals surface area contributed by atoms with Crippen molar-refractivity contribution in [3.05, 3.63) is 36.5 Å². The fraction of sp³-hybridized carbons (Fsp3) is 0.471. The van der Waals surface area contributed by atoms with Crippen LogP contribution in [0.2, 0.25) is 0 Å². The lowest BCUT2D eigenvalue weighted by atomic mass is 10.1. The molecule has 0 heterocycles. The summed E-state index contributed by atoms with van der Waals surface area (Å²) >= 11 is 0. The van der Waals surface area contributed by atoms with Gasteiger partial charge in [0.2, 0.25) is 0 Å². The van der Waals surface area contributed by atoms with Crippen LogP contribution >= 0.6 is 0 Å². The predicted octanol–water partition coefficient (Wildman–Crippen LogP) is 3.89. The Labute approximate surface area is 137 Å². The van der Waals surface area contributed by atoms with Crippen LogP contribution in [0.25, 0.3) is 0 Å². The molecule has 0 saturated carbocycles. The van der Waals surface area contributed by atoms with Crippen molar-refractivity contribution in [2.75, 3.05) is 0 Å². The number of unbranched alkanes of at least 4 members (excludes halogenated alkanes) is 2. The van der Waals surface area contributed by atoms with Crippen molar-refractivity contribution < 1.29 is 29.7 Å². The van der Waals surface area contributed by atoms with E-state index in [-0.39, 0.29) is 11.1 Å². The van der Waals surface area contributed by atoms with Gasteiger partial charge in [-0.15, -0.1) is 0 Å². The molecule has 0 aromatic rings. The first-order chi connectivity index (χ1) is 10.5. The third-order valence-corrected chi connectivity index (χ3v) is 2.48. The summed E-state index contributed by atoms with van der Waals surface area (Å²) in [7, 11) is 0. The van der Waals surface area contributed by atoms with Crippen molar-refractivity contribution in [3.63, 3.8) is 0 Å². The molecule has 6 nitrogen and oxygen atoms in total. The number of aliphatic carboxylic acids is 3. The summed E-state index contributed by atoms with van der Waals surface area (Å²) in [4.78, 5) is 29.6. The monoisotopic (exact) mass is 328 g/mol. The highest BCUT2D eigenvalue weighted by atomic mass is 16.4. The maximum absolute atomic E-state index is 10.2. The minimum Gasteiger partial charge on any atom is -0.478 e. The van der Waals surface area contributed by atoms with Gasteiger partial charge in [-0.25, -0.2) is 14.4 Å².